The summed E-state index contributed by atoms with van der Waals surface area (Å²) in [5.41, 5.74) is 1.07. The summed E-state index contributed by atoms with van der Waals surface area (Å²) in [4.78, 5) is 4.90. The van der Waals surface area contributed by atoms with E-state index in [-0.39, 0.29) is 5.75 Å². The quantitative estimate of drug-likeness (QED) is 0.783. The molecule has 1 aromatic rings. The first-order valence-electron chi connectivity index (χ1n) is 6.80. The highest BCUT2D eigenvalue weighted by Crippen LogP contribution is 2.20. The molecule has 0 saturated carbocycles. The molecule has 1 aliphatic heterocycles. The van der Waals surface area contributed by atoms with Crippen molar-refractivity contribution < 1.29 is 8.42 Å². The van der Waals surface area contributed by atoms with Crippen LogP contribution in [0.25, 0.3) is 0 Å². The van der Waals surface area contributed by atoms with Crippen molar-refractivity contribution in [2.24, 2.45) is 0 Å². The van der Waals surface area contributed by atoms with Crippen molar-refractivity contribution in [2.45, 2.75) is 11.8 Å². The van der Waals surface area contributed by atoms with Gasteiger partial charge in [-0.2, -0.15) is 0 Å². The lowest BCUT2D eigenvalue weighted by Crippen LogP contribution is -2.46. The fraction of sp³-hybridized carbons (Fsp3) is 0.467. The van der Waals surface area contributed by atoms with E-state index in [1.54, 1.807) is 19.1 Å². The first-order valence-corrected chi connectivity index (χ1v) is 8.45. The number of sulfone groups is 1. The summed E-state index contributed by atoms with van der Waals surface area (Å²) in [6.45, 7) is 6.08. The van der Waals surface area contributed by atoms with E-state index in [9.17, 15) is 8.42 Å². The Morgan fingerprint density at radius 1 is 1.15 bits per heavy atom. The van der Waals surface area contributed by atoms with E-state index in [0.717, 1.165) is 31.9 Å². The second-order valence-electron chi connectivity index (χ2n) is 4.86. The molecule has 1 saturated heterocycles. The molecule has 0 radical (unpaired) electrons. The van der Waals surface area contributed by atoms with Gasteiger partial charge in [0.1, 0.15) is 0 Å². The summed E-state index contributed by atoms with van der Waals surface area (Å²) >= 11 is 0. The number of hydrogen-bond donors (Lipinski definition) is 0. The number of piperazine rings is 1. The van der Waals surface area contributed by atoms with Gasteiger partial charge in [0.2, 0.25) is 0 Å². The number of nitrogens with zero attached hydrogens (tertiary/aromatic N) is 2. The van der Waals surface area contributed by atoms with Gasteiger partial charge in [-0.25, -0.2) is 8.42 Å². The highest BCUT2D eigenvalue weighted by Gasteiger charge is 2.17. The molecule has 1 heterocycles. The third-order valence-electron chi connectivity index (χ3n) is 3.63. The van der Waals surface area contributed by atoms with Crippen LogP contribution in [0.1, 0.15) is 6.92 Å². The smallest absolute Gasteiger partial charge is 0.178 e. The third kappa shape index (κ3) is 3.33. The molecule has 1 aromatic carbocycles. The maximum absolute atomic E-state index is 11.8. The first-order chi connectivity index (χ1) is 9.56. The fourth-order valence-electron chi connectivity index (χ4n) is 2.32. The number of hydrogen-bond acceptors (Lipinski definition) is 4. The lowest BCUT2D eigenvalue weighted by molar-refractivity contribution is 0.288. The van der Waals surface area contributed by atoms with Crippen LogP contribution < -0.4 is 4.90 Å². The van der Waals surface area contributed by atoms with Crippen LogP contribution in [0.3, 0.4) is 0 Å². The van der Waals surface area contributed by atoms with Crippen LogP contribution in [0.5, 0.6) is 0 Å². The second kappa shape index (κ2) is 6.29. The molecule has 1 fully saturated rings. The number of benzene rings is 1. The molecule has 0 amide bonds. The van der Waals surface area contributed by atoms with Crippen molar-refractivity contribution in [2.75, 3.05) is 43.4 Å². The minimum Gasteiger partial charge on any atom is -0.369 e. The summed E-state index contributed by atoms with van der Waals surface area (Å²) in [5.74, 6) is 2.80. The topological polar surface area (TPSA) is 40.6 Å². The van der Waals surface area contributed by atoms with Crippen LogP contribution in [0.15, 0.2) is 29.2 Å². The molecule has 0 aliphatic carbocycles. The van der Waals surface area contributed by atoms with Crippen LogP contribution in [0.2, 0.25) is 0 Å². The zero-order valence-corrected chi connectivity index (χ0v) is 12.6. The Labute approximate surface area is 121 Å². The number of anilines is 1. The van der Waals surface area contributed by atoms with Gasteiger partial charge in [0.25, 0.3) is 0 Å². The van der Waals surface area contributed by atoms with Gasteiger partial charge in [-0.3, -0.25) is 4.90 Å². The molecular weight excluding hydrogens is 272 g/mol. The molecule has 4 nitrogen and oxygen atoms in total. The SMILES string of the molecule is C#CCN1CCN(c2ccc(S(=O)(=O)CC)cc2)CC1. The molecule has 0 atom stereocenters. The molecular formula is C15H20N2O2S. The number of rotatable bonds is 4. The predicted molar refractivity (Wildman–Crippen MR) is 81.7 cm³/mol. The highest BCUT2D eigenvalue weighted by atomic mass is 32.2. The molecule has 2 rings (SSSR count). The molecule has 5 heteroatoms. The lowest BCUT2D eigenvalue weighted by atomic mass is 10.2. The average molecular weight is 292 g/mol. The molecule has 1 aliphatic rings. The van der Waals surface area contributed by atoms with E-state index in [2.05, 4.69) is 15.7 Å². The Hall–Kier alpha value is -1.51. The largest absolute Gasteiger partial charge is 0.369 e. The highest BCUT2D eigenvalue weighted by molar-refractivity contribution is 7.91. The Bertz CT molecular complexity index is 579. The van der Waals surface area contributed by atoms with Gasteiger partial charge < -0.3 is 4.90 Å². The van der Waals surface area contributed by atoms with Crippen LogP contribution in [0.4, 0.5) is 5.69 Å². The van der Waals surface area contributed by atoms with Gasteiger partial charge in [-0.05, 0) is 24.3 Å². The van der Waals surface area contributed by atoms with E-state index >= 15 is 0 Å². The zero-order chi connectivity index (χ0) is 14.6. The Kier molecular flexibility index (Phi) is 4.69. The number of terminal acetylenes is 1. The Balaban J connectivity index is 2.04. The van der Waals surface area contributed by atoms with Gasteiger partial charge in [-0.15, -0.1) is 6.42 Å². The molecule has 20 heavy (non-hydrogen) atoms. The third-order valence-corrected chi connectivity index (χ3v) is 5.38. The molecule has 0 aromatic heterocycles. The first kappa shape index (κ1) is 14.9. The van der Waals surface area contributed by atoms with Gasteiger partial charge in [-0.1, -0.05) is 12.8 Å². The average Bonchev–Trinajstić information content (AvgIpc) is 2.48. The van der Waals surface area contributed by atoms with Crippen molar-refractivity contribution in [1.82, 2.24) is 4.90 Å². The van der Waals surface area contributed by atoms with E-state index in [1.165, 1.54) is 0 Å². The summed E-state index contributed by atoms with van der Waals surface area (Å²) in [7, 11) is -3.11. The molecule has 0 bridgehead atoms. The van der Waals surface area contributed by atoms with E-state index in [1.807, 2.05) is 12.1 Å². The van der Waals surface area contributed by atoms with E-state index in [0.29, 0.717) is 11.4 Å². The van der Waals surface area contributed by atoms with Gasteiger partial charge in [0.05, 0.1) is 17.2 Å². The second-order valence-corrected chi connectivity index (χ2v) is 7.14. The van der Waals surface area contributed by atoms with Gasteiger partial charge in [0.15, 0.2) is 9.84 Å². The minimum absolute atomic E-state index is 0.136. The van der Waals surface area contributed by atoms with Crippen molar-refractivity contribution in [3.63, 3.8) is 0 Å². The summed E-state index contributed by atoms with van der Waals surface area (Å²) in [5, 5.41) is 0. The van der Waals surface area contributed by atoms with Crippen molar-refractivity contribution >= 4 is 15.5 Å². The lowest BCUT2D eigenvalue weighted by Gasteiger charge is -2.35. The standard InChI is InChI=1S/C15H20N2O2S/c1-3-9-16-10-12-17(13-11-16)14-5-7-15(8-6-14)20(18,19)4-2/h1,5-8H,4,9-13H2,2H3. The monoisotopic (exact) mass is 292 g/mol. The van der Waals surface area contributed by atoms with Crippen molar-refractivity contribution in [3.8, 4) is 12.3 Å². The van der Waals surface area contributed by atoms with Crippen LogP contribution in [-0.4, -0.2) is 51.8 Å². The molecule has 0 unspecified atom stereocenters. The summed E-state index contributed by atoms with van der Waals surface area (Å²) in [6.07, 6.45) is 5.31. The van der Waals surface area contributed by atoms with Crippen LogP contribution in [-0.2, 0) is 9.84 Å². The molecule has 0 spiro atoms. The van der Waals surface area contributed by atoms with Gasteiger partial charge >= 0.3 is 0 Å². The van der Waals surface area contributed by atoms with Crippen LogP contribution >= 0.6 is 0 Å². The molecule has 0 N–H and O–H groups in total. The predicted octanol–water partition coefficient (Wildman–Crippen LogP) is 1.24. The molecule has 108 valence electrons. The van der Waals surface area contributed by atoms with E-state index in [4.69, 9.17) is 6.42 Å². The normalized spacial score (nSPS) is 16.9. The minimum atomic E-state index is -3.11. The van der Waals surface area contributed by atoms with E-state index < -0.39 is 9.84 Å². The summed E-state index contributed by atoms with van der Waals surface area (Å²) in [6, 6.07) is 7.17. The fourth-order valence-corrected chi connectivity index (χ4v) is 3.21. The Morgan fingerprint density at radius 3 is 2.25 bits per heavy atom. The maximum atomic E-state index is 11.8. The van der Waals surface area contributed by atoms with Crippen molar-refractivity contribution in [1.29, 1.82) is 0 Å². The van der Waals surface area contributed by atoms with Gasteiger partial charge in [0, 0.05) is 31.9 Å². The zero-order valence-electron chi connectivity index (χ0n) is 11.7. The summed E-state index contributed by atoms with van der Waals surface area (Å²) < 4.78 is 23.5. The van der Waals surface area contributed by atoms with Crippen LogP contribution in [0, 0.1) is 12.3 Å². The Morgan fingerprint density at radius 2 is 1.75 bits per heavy atom. The van der Waals surface area contributed by atoms with Crippen molar-refractivity contribution in [3.05, 3.63) is 24.3 Å². The maximum Gasteiger partial charge on any atom is 0.178 e.